The molecule has 2 aromatic rings. The zero-order valence-corrected chi connectivity index (χ0v) is 15.8. The number of carbonyl (C=O) groups is 2. The van der Waals surface area contributed by atoms with Gasteiger partial charge in [0.25, 0.3) is 5.91 Å². The predicted octanol–water partition coefficient (Wildman–Crippen LogP) is 2.16. The molecule has 1 aliphatic heterocycles. The molecule has 3 N–H and O–H groups in total. The average Bonchev–Trinajstić information content (AvgIpc) is 3.10. The van der Waals surface area contributed by atoms with Gasteiger partial charge in [-0.1, -0.05) is 12.1 Å². The van der Waals surface area contributed by atoms with Crippen molar-refractivity contribution in [1.82, 2.24) is 15.6 Å². The first-order chi connectivity index (χ1) is 13.5. The quantitative estimate of drug-likeness (QED) is 0.741. The summed E-state index contributed by atoms with van der Waals surface area (Å²) < 4.78 is 0. The van der Waals surface area contributed by atoms with Crippen molar-refractivity contribution in [1.29, 1.82) is 0 Å². The second kappa shape index (κ2) is 7.59. The van der Waals surface area contributed by atoms with E-state index in [2.05, 4.69) is 15.6 Å². The highest BCUT2D eigenvalue weighted by Crippen LogP contribution is 2.37. The Kier molecular flexibility index (Phi) is 5.00. The fraction of sp³-hybridized carbons (Fsp3) is 0.381. The predicted molar refractivity (Wildman–Crippen MR) is 105 cm³/mol. The first-order valence-electron chi connectivity index (χ1n) is 9.59. The third kappa shape index (κ3) is 3.57. The van der Waals surface area contributed by atoms with Crippen molar-refractivity contribution in [3.63, 3.8) is 0 Å². The van der Waals surface area contributed by atoms with Gasteiger partial charge in [-0.25, -0.2) is 4.79 Å². The average molecular weight is 380 g/mol. The number of carbonyl (C=O) groups excluding carboxylic acids is 2. The van der Waals surface area contributed by atoms with Crippen LogP contribution in [-0.4, -0.2) is 41.2 Å². The summed E-state index contributed by atoms with van der Waals surface area (Å²) in [6.07, 6.45) is 2.69. The maximum absolute atomic E-state index is 13.0. The number of hydrogen-bond acceptors (Lipinski definition) is 4. The Bertz CT molecular complexity index is 880. The van der Waals surface area contributed by atoms with E-state index in [1.807, 2.05) is 31.2 Å². The van der Waals surface area contributed by atoms with Gasteiger partial charge in [-0.05, 0) is 55.5 Å². The van der Waals surface area contributed by atoms with Crippen LogP contribution in [0, 0.1) is 12.8 Å². The van der Waals surface area contributed by atoms with Gasteiger partial charge in [0.15, 0.2) is 0 Å². The van der Waals surface area contributed by atoms with Gasteiger partial charge in [-0.15, -0.1) is 0 Å². The standard InChI is InChI=1S/C21H24N4O3/c1-13-5-6-14(12-18(13)25-9-8-23-21(25)28)20(27)24-19(15-10-16(26)11-15)17-4-2-3-7-22-17/h2-7,12,15-16,19,26H,8-11H2,1H3,(H,23,28)(H,24,27)/t15?,16?,19-/m0/s1. The molecule has 1 aliphatic carbocycles. The normalized spacial score (nSPS) is 22.4. The number of anilines is 1. The molecule has 1 saturated carbocycles. The molecule has 0 radical (unpaired) electrons. The van der Waals surface area contributed by atoms with Crippen LogP contribution in [-0.2, 0) is 0 Å². The molecule has 2 aliphatic rings. The van der Waals surface area contributed by atoms with Gasteiger partial charge in [0.2, 0.25) is 0 Å². The van der Waals surface area contributed by atoms with E-state index < -0.39 is 0 Å². The molecular weight excluding hydrogens is 356 g/mol. The van der Waals surface area contributed by atoms with E-state index in [0.717, 1.165) is 16.9 Å². The summed E-state index contributed by atoms with van der Waals surface area (Å²) in [4.78, 5) is 31.1. The second-order valence-electron chi connectivity index (χ2n) is 7.48. The van der Waals surface area contributed by atoms with Crippen LogP contribution >= 0.6 is 0 Å². The third-order valence-corrected chi connectivity index (χ3v) is 5.53. The zero-order chi connectivity index (χ0) is 19.7. The number of benzene rings is 1. The zero-order valence-electron chi connectivity index (χ0n) is 15.8. The number of aliphatic hydroxyl groups is 1. The fourth-order valence-corrected chi connectivity index (χ4v) is 3.86. The van der Waals surface area contributed by atoms with Crippen molar-refractivity contribution in [3.8, 4) is 0 Å². The summed E-state index contributed by atoms with van der Waals surface area (Å²) in [6.45, 7) is 3.11. The second-order valence-corrected chi connectivity index (χ2v) is 7.48. The van der Waals surface area contributed by atoms with Gasteiger partial charge >= 0.3 is 6.03 Å². The minimum absolute atomic E-state index is 0.143. The number of hydrogen-bond donors (Lipinski definition) is 3. The molecule has 1 atom stereocenters. The van der Waals surface area contributed by atoms with Crippen LogP contribution in [0.15, 0.2) is 42.6 Å². The molecule has 1 aromatic carbocycles. The molecule has 146 valence electrons. The SMILES string of the molecule is Cc1ccc(C(=O)N[C@H](c2ccccn2)C2CC(O)C2)cc1N1CCNC1=O. The topological polar surface area (TPSA) is 94.6 Å². The summed E-state index contributed by atoms with van der Waals surface area (Å²) >= 11 is 0. The molecule has 7 nitrogen and oxygen atoms in total. The Hall–Kier alpha value is -2.93. The van der Waals surface area contributed by atoms with Crippen LogP contribution in [0.3, 0.4) is 0 Å². The monoisotopic (exact) mass is 380 g/mol. The van der Waals surface area contributed by atoms with E-state index >= 15 is 0 Å². The van der Waals surface area contributed by atoms with Crippen LogP contribution in [0.4, 0.5) is 10.5 Å². The van der Waals surface area contributed by atoms with E-state index in [1.165, 1.54) is 0 Å². The van der Waals surface area contributed by atoms with Gasteiger partial charge in [0.1, 0.15) is 0 Å². The van der Waals surface area contributed by atoms with Crippen molar-refractivity contribution in [2.45, 2.75) is 31.9 Å². The highest BCUT2D eigenvalue weighted by atomic mass is 16.3. The highest BCUT2D eigenvalue weighted by molar-refractivity contribution is 5.99. The van der Waals surface area contributed by atoms with Crippen LogP contribution in [0.25, 0.3) is 0 Å². The lowest BCUT2D eigenvalue weighted by Gasteiger charge is -2.37. The minimum atomic E-state index is -0.312. The molecule has 7 heteroatoms. The molecule has 3 amide bonds. The molecular formula is C21H24N4O3. The van der Waals surface area contributed by atoms with Crippen LogP contribution in [0.1, 0.15) is 40.5 Å². The lowest BCUT2D eigenvalue weighted by Crippen LogP contribution is -2.41. The van der Waals surface area contributed by atoms with E-state index in [4.69, 9.17) is 0 Å². The number of nitrogens with zero attached hydrogens (tertiary/aromatic N) is 2. The lowest BCUT2D eigenvalue weighted by molar-refractivity contribution is 0.0228. The Morgan fingerprint density at radius 3 is 2.79 bits per heavy atom. The van der Waals surface area contributed by atoms with Crippen LogP contribution < -0.4 is 15.5 Å². The summed E-state index contributed by atoms with van der Waals surface area (Å²) in [5.41, 5.74) is 2.98. The van der Waals surface area contributed by atoms with Crippen molar-refractivity contribution >= 4 is 17.6 Å². The highest BCUT2D eigenvalue weighted by Gasteiger charge is 2.36. The smallest absolute Gasteiger partial charge is 0.322 e. The molecule has 2 heterocycles. The van der Waals surface area contributed by atoms with Crippen molar-refractivity contribution in [2.24, 2.45) is 5.92 Å². The molecule has 2 fully saturated rings. The molecule has 0 bridgehead atoms. The number of amides is 3. The molecule has 28 heavy (non-hydrogen) atoms. The summed E-state index contributed by atoms with van der Waals surface area (Å²) in [6, 6.07) is 10.6. The van der Waals surface area contributed by atoms with Gasteiger partial charge < -0.3 is 15.7 Å². The van der Waals surface area contributed by atoms with Crippen molar-refractivity contribution in [3.05, 3.63) is 59.4 Å². The first kappa shape index (κ1) is 18.4. The van der Waals surface area contributed by atoms with E-state index in [0.29, 0.717) is 31.5 Å². The number of rotatable bonds is 5. The molecule has 1 aromatic heterocycles. The maximum Gasteiger partial charge on any atom is 0.322 e. The minimum Gasteiger partial charge on any atom is -0.393 e. The van der Waals surface area contributed by atoms with Crippen molar-refractivity contribution in [2.75, 3.05) is 18.0 Å². The summed E-state index contributed by atoms with van der Waals surface area (Å²) in [7, 11) is 0. The Labute approximate surface area is 163 Å². The van der Waals surface area contributed by atoms with Crippen LogP contribution in [0.5, 0.6) is 0 Å². The summed E-state index contributed by atoms with van der Waals surface area (Å²) in [5, 5.41) is 15.6. The number of urea groups is 1. The molecule has 1 saturated heterocycles. The van der Waals surface area contributed by atoms with Crippen molar-refractivity contribution < 1.29 is 14.7 Å². The Balaban J connectivity index is 1.57. The lowest BCUT2D eigenvalue weighted by atomic mass is 9.76. The molecule has 0 spiro atoms. The maximum atomic E-state index is 13.0. The van der Waals surface area contributed by atoms with Gasteiger partial charge in [0.05, 0.1) is 17.8 Å². The van der Waals surface area contributed by atoms with E-state index in [9.17, 15) is 14.7 Å². The van der Waals surface area contributed by atoms with Crippen LogP contribution in [0.2, 0.25) is 0 Å². The number of aryl methyl sites for hydroxylation is 1. The number of aliphatic hydroxyl groups excluding tert-OH is 1. The number of aromatic nitrogens is 1. The Morgan fingerprint density at radius 2 is 2.14 bits per heavy atom. The van der Waals surface area contributed by atoms with Gasteiger partial charge in [0, 0.05) is 30.5 Å². The van der Waals surface area contributed by atoms with Gasteiger partial charge in [-0.3, -0.25) is 14.7 Å². The fourth-order valence-electron chi connectivity index (χ4n) is 3.86. The molecule has 4 rings (SSSR count). The van der Waals surface area contributed by atoms with E-state index in [-0.39, 0.29) is 30.0 Å². The van der Waals surface area contributed by atoms with Gasteiger partial charge in [-0.2, -0.15) is 0 Å². The molecule has 0 unspecified atom stereocenters. The largest absolute Gasteiger partial charge is 0.393 e. The number of nitrogens with one attached hydrogen (secondary N) is 2. The Morgan fingerprint density at radius 1 is 1.32 bits per heavy atom. The van der Waals surface area contributed by atoms with E-state index in [1.54, 1.807) is 23.2 Å². The first-order valence-corrected chi connectivity index (χ1v) is 9.59. The third-order valence-electron chi connectivity index (χ3n) is 5.53. The summed E-state index contributed by atoms with van der Waals surface area (Å²) in [5.74, 6) is -0.0546. The number of pyridine rings is 1.